The fourth-order valence-corrected chi connectivity index (χ4v) is 3.26. The first-order chi connectivity index (χ1) is 12.9. The molecule has 1 aromatic heterocycles. The molecule has 0 spiro atoms. The van der Waals surface area contributed by atoms with E-state index in [0.29, 0.717) is 35.8 Å². The Hall–Kier alpha value is -2.84. The van der Waals surface area contributed by atoms with Crippen molar-refractivity contribution >= 4 is 22.8 Å². The molecule has 2 heterocycles. The van der Waals surface area contributed by atoms with E-state index in [-0.39, 0.29) is 15.0 Å². The van der Waals surface area contributed by atoms with Crippen molar-refractivity contribution in [2.75, 3.05) is 36.9 Å². The third kappa shape index (κ3) is 4.18. The molecule has 1 atom stereocenters. The van der Waals surface area contributed by atoms with Crippen LogP contribution in [0.1, 0.15) is 32.6 Å². The first-order valence-corrected chi connectivity index (χ1v) is 8.95. The summed E-state index contributed by atoms with van der Waals surface area (Å²) in [5, 5.41) is 13.3. The Kier molecular flexibility index (Phi) is 6.82. The summed E-state index contributed by atoms with van der Waals surface area (Å²) < 4.78 is 7.31. The van der Waals surface area contributed by atoms with E-state index in [2.05, 4.69) is 10.00 Å². The van der Waals surface area contributed by atoms with E-state index < -0.39 is 0 Å². The van der Waals surface area contributed by atoms with Gasteiger partial charge in [-0.1, -0.05) is 13.5 Å². The summed E-state index contributed by atoms with van der Waals surface area (Å²) in [5.74, 6) is 0.839. The van der Waals surface area contributed by atoms with Gasteiger partial charge in [0.15, 0.2) is 5.82 Å². The summed E-state index contributed by atoms with van der Waals surface area (Å²) in [6, 6.07) is 7.42. The van der Waals surface area contributed by atoms with Crippen LogP contribution in [0.5, 0.6) is 0 Å². The molecule has 0 bridgehead atoms. The molecule has 7 N–H and O–H groups in total. The van der Waals surface area contributed by atoms with Crippen LogP contribution in [0.15, 0.2) is 30.5 Å². The van der Waals surface area contributed by atoms with Crippen LogP contribution in [0, 0.1) is 5.41 Å². The summed E-state index contributed by atoms with van der Waals surface area (Å²) in [6.45, 7) is 4.60. The standard InChI is InChI=1S/C19H27N7O.CH4.H2/c1-12-11-26(5-6-27-12)18-8-17(25(2)24-18)19(23)15-7-13(3-4-16(15)22)14(9-20)10-21;;/h3-4,7-9,12,23H,5-6,10-11,20-22H2,1-2H3;1H4;1H/b14-9+,23-19?;;/t12-;;/m0../s1. The number of benzene rings is 1. The summed E-state index contributed by atoms with van der Waals surface area (Å²) in [4.78, 5) is 2.18. The molecule has 1 aliphatic heterocycles. The molecule has 8 heteroatoms. The van der Waals surface area contributed by atoms with Crippen molar-refractivity contribution in [2.24, 2.45) is 18.5 Å². The van der Waals surface area contributed by atoms with E-state index in [1.807, 2.05) is 32.2 Å². The van der Waals surface area contributed by atoms with Crippen molar-refractivity contribution in [1.82, 2.24) is 9.78 Å². The van der Waals surface area contributed by atoms with Gasteiger partial charge in [-0.3, -0.25) is 10.1 Å². The number of hydrogen-bond acceptors (Lipinski definition) is 7. The Bertz CT molecular complexity index is 878. The molecule has 0 saturated carbocycles. The highest BCUT2D eigenvalue weighted by molar-refractivity contribution is 6.13. The Balaban J connectivity index is 0.00000210. The van der Waals surface area contributed by atoms with Gasteiger partial charge in [0.05, 0.1) is 24.1 Å². The molecule has 28 heavy (non-hydrogen) atoms. The molecular weight excluding hydrogens is 354 g/mol. The number of nitrogens with two attached hydrogens (primary N) is 3. The van der Waals surface area contributed by atoms with Gasteiger partial charge in [-0.15, -0.1) is 0 Å². The maximum absolute atomic E-state index is 8.71. The van der Waals surface area contributed by atoms with Crippen LogP contribution < -0.4 is 22.1 Å². The maximum Gasteiger partial charge on any atom is 0.151 e. The number of rotatable bonds is 5. The minimum atomic E-state index is 0. The number of anilines is 2. The van der Waals surface area contributed by atoms with Gasteiger partial charge in [0, 0.05) is 45.4 Å². The van der Waals surface area contributed by atoms with E-state index in [1.54, 1.807) is 10.7 Å². The van der Waals surface area contributed by atoms with Gasteiger partial charge in [0.1, 0.15) is 0 Å². The lowest BCUT2D eigenvalue weighted by Crippen LogP contribution is -2.41. The number of nitrogen functional groups attached to an aromatic ring is 1. The van der Waals surface area contributed by atoms with Gasteiger partial charge in [0.25, 0.3) is 0 Å². The minimum absolute atomic E-state index is 0. The van der Waals surface area contributed by atoms with Crippen molar-refractivity contribution in [3.05, 3.63) is 47.3 Å². The Morgan fingerprint density at radius 1 is 1.43 bits per heavy atom. The van der Waals surface area contributed by atoms with Crippen molar-refractivity contribution in [2.45, 2.75) is 20.5 Å². The predicted octanol–water partition coefficient (Wildman–Crippen LogP) is 1.78. The molecule has 154 valence electrons. The smallest absolute Gasteiger partial charge is 0.151 e. The van der Waals surface area contributed by atoms with Crippen LogP contribution in [0.4, 0.5) is 11.5 Å². The summed E-state index contributed by atoms with van der Waals surface area (Å²) >= 11 is 0. The molecular formula is C20H33N7O. The van der Waals surface area contributed by atoms with Gasteiger partial charge in [-0.05, 0) is 36.4 Å². The second kappa shape index (κ2) is 8.90. The first-order valence-electron chi connectivity index (χ1n) is 8.95. The molecule has 0 aliphatic carbocycles. The lowest BCUT2D eigenvalue weighted by molar-refractivity contribution is 0.0529. The topological polar surface area (TPSA) is 132 Å². The van der Waals surface area contributed by atoms with Crippen molar-refractivity contribution in [3.63, 3.8) is 0 Å². The van der Waals surface area contributed by atoms with Crippen LogP contribution in [0.25, 0.3) is 5.57 Å². The van der Waals surface area contributed by atoms with E-state index in [9.17, 15) is 0 Å². The predicted molar refractivity (Wildman–Crippen MR) is 118 cm³/mol. The average molecular weight is 388 g/mol. The third-order valence-corrected chi connectivity index (χ3v) is 4.80. The highest BCUT2D eigenvalue weighted by atomic mass is 16.5. The van der Waals surface area contributed by atoms with Gasteiger partial charge in [0.2, 0.25) is 0 Å². The molecule has 8 nitrogen and oxygen atoms in total. The van der Waals surface area contributed by atoms with Crippen molar-refractivity contribution in [1.29, 1.82) is 5.41 Å². The zero-order valence-electron chi connectivity index (χ0n) is 15.8. The number of nitrogens with one attached hydrogen (secondary N) is 1. The van der Waals surface area contributed by atoms with E-state index in [4.69, 9.17) is 27.3 Å². The quantitative estimate of drug-likeness (QED) is 0.457. The average Bonchev–Trinajstić information content (AvgIpc) is 3.05. The molecule has 0 radical (unpaired) electrons. The Morgan fingerprint density at radius 2 is 2.18 bits per heavy atom. The number of ether oxygens (including phenoxy) is 1. The Morgan fingerprint density at radius 3 is 2.82 bits per heavy atom. The van der Waals surface area contributed by atoms with Crippen LogP contribution in [0.3, 0.4) is 0 Å². The van der Waals surface area contributed by atoms with Crippen LogP contribution in [0.2, 0.25) is 0 Å². The molecule has 3 rings (SSSR count). The molecule has 1 aromatic carbocycles. The third-order valence-electron chi connectivity index (χ3n) is 4.80. The van der Waals surface area contributed by atoms with Gasteiger partial charge in [-0.25, -0.2) is 0 Å². The zero-order valence-corrected chi connectivity index (χ0v) is 15.8. The molecule has 0 amide bonds. The monoisotopic (exact) mass is 387 g/mol. The second-order valence-corrected chi connectivity index (χ2v) is 6.71. The lowest BCUT2D eigenvalue weighted by Gasteiger charge is -2.31. The van der Waals surface area contributed by atoms with Gasteiger partial charge >= 0.3 is 0 Å². The van der Waals surface area contributed by atoms with Crippen molar-refractivity contribution < 1.29 is 6.16 Å². The molecule has 1 aliphatic rings. The van der Waals surface area contributed by atoms with E-state index >= 15 is 0 Å². The van der Waals surface area contributed by atoms with Gasteiger partial charge in [-0.2, -0.15) is 5.10 Å². The summed E-state index contributed by atoms with van der Waals surface area (Å²) in [6.07, 6.45) is 1.65. The summed E-state index contributed by atoms with van der Waals surface area (Å²) in [7, 11) is 1.84. The van der Waals surface area contributed by atoms with Crippen LogP contribution >= 0.6 is 0 Å². The Labute approximate surface area is 167 Å². The zero-order chi connectivity index (χ0) is 19.6. The van der Waals surface area contributed by atoms with Gasteiger partial charge < -0.3 is 26.8 Å². The minimum Gasteiger partial charge on any atom is -0.404 e. The largest absolute Gasteiger partial charge is 0.404 e. The summed E-state index contributed by atoms with van der Waals surface area (Å²) in [5.41, 5.74) is 21.4. The van der Waals surface area contributed by atoms with E-state index in [1.165, 1.54) is 6.20 Å². The highest BCUT2D eigenvalue weighted by Gasteiger charge is 2.22. The number of morpholine rings is 1. The lowest BCUT2D eigenvalue weighted by atomic mass is 9.98. The number of aromatic nitrogens is 2. The number of nitrogens with zero attached hydrogens (tertiary/aromatic N) is 3. The molecule has 2 aromatic rings. The SMILES string of the molecule is C.C[C@H]1CN(c2cc(C(=N)c3cc(/C(=C/N)CN)ccc3N)n(C)n2)CCO1.[HH]. The molecule has 0 unspecified atom stereocenters. The fraction of sp³-hybridized carbons (Fsp3) is 0.400. The first kappa shape index (κ1) is 21.5. The highest BCUT2D eigenvalue weighted by Crippen LogP contribution is 2.24. The maximum atomic E-state index is 8.71. The van der Waals surface area contributed by atoms with Crippen LogP contribution in [-0.4, -0.2) is 47.8 Å². The second-order valence-electron chi connectivity index (χ2n) is 6.71. The molecule has 1 saturated heterocycles. The number of hydrogen-bond donors (Lipinski definition) is 4. The van der Waals surface area contributed by atoms with Crippen molar-refractivity contribution in [3.8, 4) is 0 Å². The van der Waals surface area contributed by atoms with Crippen LogP contribution in [-0.2, 0) is 11.8 Å². The normalized spacial score (nSPS) is 17.3. The fourth-order valence-electron chi connectivity index (χ4n) is 3.26. The van der Waals surface area contributed by atoms with E-state index in [0.717, 1.165) is 30.0 Å². The number of aryl methyl sites for hydroxylation is 1. The molecule has 1 fully saturated rings.